The molecular weight excluding hydrogens is 466 g/mol. The van der Waals surface area contributed by atoms with E-state index in [-0.39, 0.29) is 29.2 Å². The first-order valence-electron chi connectivity index (χ1n) is 10.9. The molecule has 4 rings (SSSR count). The van der Waals surface area contributed by atoms with Crippen LogP contribution in [0.15, 0.2) is 77.4 Å². The lowest BCUT2D eigenvalue weighted by Crippen LogP contribution is -2.21. The molecule has 35 heavy (non-hydrogen) atoms. The fourth-order valence-corrected chi connectivity index (χ4v) is 3.80. The number of halogens is 1. The summed E-state index contributed by atoms with van der Waals surface area (Å²) in [6.07, 6.45) is 1.70. The first-order chi connectivity index (χ1) is 16.9. The number of hydrazone groups is 1. The fourth-order valence-electron chi connectivity index (χ4n) is 3.53. The van der Waals surface area contributed by atoms with E-state index >= 15 is 0 Å². The van der Waals surface area contributed by atoms with E-state index < -0.39 is 0 Å². The number of para-hydroxylation sites is 1. The van der Waals surface area contributed by atoms with E-state index in [1.807, 2.05) is 61.5 Å². The normalized spacial score (nSPS) is 14.2. The molecule has 0 saturated carbocycles. The molecule has 0 aromatic heterocycles. The van der Waals surface area contributed by atoms with Crippen LogP contribution in [-0.2, 0) is 9.59 Å². The van der Waals surface area contributed by atoms with Gasteiger partial charge in [-0.05, 0) is 61.9 Å². The molecule has 1 heterocycles. The van der Waals surface area contributed by atoms with E-state index in [0.29, 0.717) is 34.0 Å². The van der Waals surface area contributed by atoms with Crippen molar-refractivity contribution in [3.8, 4) is 11.5 Å². The summed E-state index contributed by atoms with van der Waals surface area (Å²) >= 11 is 6.47. The maximum atomic E-state index is 13.0. The lowest BCUT2D eigenvalue weighted by Gasteiger charge is -2.14. The van der Waals surface area contributed by atoms with Crippen LogP contribution in [0.4, 0.5) is 11.4 Å². The maximum Gasteiger partial charge on any atom is 0.280 e. The molecule has 1 aliphatic heterocycles. The highest BCUT2D eigenvalue weighted by atomic mass is 35.5. The Morgan fingerprint density at radius 2 is 1.80 bits per heavy atom. The number of amides is 2. The third-order valence-corrected chi connectivity index (χ3v) is 5.59. The highest BCUT2D eigenvalue weighted by Crippen LogP contribution is 2.37. The predicted octanol–water partition coefficient (Wildman–Crippen LogP) is 5.48. The minimum Gasteiger partial charge on any atom is -0.493 e. The quantitative estimate of drug-likeness (QED) is 0.445. The molecular formula is C27H24ClN3O4. The molecule has 0 spiro atoms. The lowest BCUT2D eigenvalue weighted by molar-refractivity contribution is -0.118. The van der Waals surface area contributed by atoms with Crippen LogP contribution < -0.4 is 19.8 Å². The standard InChI is InChI=1S/C27H24ClN3O4/c1-17-9-11-20(12-10-17)29-25(32)16-35-26-23(28)14-19(15-24(26)34-3)13-22-18(2)30-31(27(22)33)21-7-5-4-6-8-21/h4-15H,16H2,1-3H3,(H,29,32)/b22-13+. The smallest absolute Gasteiger partial charge is 0.280 e. The van der Waals surface area contributed by atoms with Gasteiger partial charge < -0.3 is 14.8 Å². The Bertz CT molecular complexity index is 1320. The van der Waals surface area contributed by atoms with Crippen LogP contribution in [0, 0.1) is 6.92 Å². The summed E-state index contributed by atoms with van der Waals surface area (Å²) in [5, 5.41) is 8.77. The molecule has 0 aliphatic carbocycles. The molecule has 0 fully saturated rings. The third-order valence-electron chi connectivity index (χ3n) is 5.31. The van der Waals surface area contributed by atoms with E-state index in [1.54, 1.807) is 25.1 Å². The van der Waals surface area contributed by atoms with Crippen LogP contribution in [0.2, 0.25) is 5.02 Å². The molecule has 2 amide bonds. The minimum atomic E-state index is -0.331. The van der Waals surface area contributed by atoms with E-state index in [9.17, 15) is 9.59 Å². The number of nitrogens with one attached hydrogen (secondary N) is 1. The van der Waals surface area contributed by atoms with E-state index in [1.165, 1.54) is 12.1 Å². The topological polar surface area (TPSA) is 80.2 Å². The van der Waals surface area contributed by atoms with Gasteiger partial charge in [0.15, 0.2) is 18.1 Å². The average molecular weight is 490 g/mol. The summed E-state index contributed by atoms with van der Waals surface area (Å²) in [6.45, 7) is 3.49. The van der Waals surface area contributed by atoms with Crippen molar-refractivity contribution in [2.75, 3.05) is 24.0 Å². The Morgan fingerprint density at radius 3 is 2.49 bits per heavy atom. The predicted molar refractivity (Wildman–Crippen MR) is 138 cm³/mol. The summed E-state index contributed by atoms with van der Waals surface area (Å²) in [5.74, 6) is 0.0105. The second kappa shape index (κ2) is 10.4. The van der Waals surface area contributed by atoms with Gasteiger partial charge in [-0.25, -0.2) is 0 Å². The number of hydrogen-bond acceptors (Lipinski definition) is 5. The van der Waals surface area contributed by atoms with Gasteiger partial charge in [-0.3, -0.25) is 9.59 Å². The van der Waals surface area contributed by atoms with Crippen LogP contribution in [0.5, 0.6) is 11.5 Å². The van der Waals surface area contributed by atoms with Crippen molar-refractivity contribution in [1.82, 2.24) is 0 Å². The van der Waals surface area contributed by atoms with Crippen LogP contribution in [0.3, 0.4) is 0 Å². The number of anilines is 2. The summed E-state index contributed by atoms with van der Waals surface area (Å²) < 4.78 is 11.1. The van der Waals surface area contributed by atoms with Gasteiger partial charge in [-0.1, -0.05) is 47.5 Å². The second-order valence-corrected chi connectivity index (χ2v) is 8.34. The van der Waals surface area contributed by atoms with Crippen molar-refractivity contribution < 1.29 is 19.1 Å². The molecule has 0 unspecified atom stereocenters. The van der Waals surface area contributed by atoms with Gasteiger partial charge in [0.2, 0.25) is 0 Å². The average Bonchev–Trinajstić information content (AvgIpc) is 3.13. The molecule has 0 saturated heterocycles. The van der Waals surface area contributed by atoms with Gasteiger partial charge in [0, 0.05) is 5.69 Å². The highest BCUT2D eigenvalue weighted by molar-refractivity contribution is 6.33. The summed E-state index contributed by atoms with van der Waals surface area (Å²) in [6, 6.07) is 20.0. The Balaban J connectivity index is 1.50. The van der Waals surface area contributed by atoms with Crippen LogP contribution in [-0.4, -0.2) is 31.2 Å². The van der Waals surface area contributed by atoms with Gasteiger partial charge in [0.25, 0.3) is 11.8 Å². The molecule has 8 heteroatoms. The molecule has 3 aromatic carbocycles. The van der Waals surface area contributed by atoms with Crippen molar-refractivity contribution in [1.29, 1.82) is 0 Å². The van der Waals surface area contributed by atoms with Crippen molar-refractivity contribution >= 4 is 46.6 Å². The van der Waals surface area contributed by atoms with Crippen molar-refractivity contribution in [3.63, 3.8) is 0 Å². The van der Waals surface area contributed by atoms with Gasteiger partial charge in [-0.15, -0.1) is 0 Å². The molecule has 0 radical (unpaired) electrons. The molecule has 0 atom stereocenters. The van der Waals surface area contributed by atoms with Gasteiger partial charge in [0.05, 0.1) is 29.1 Å². The third kappa shape index (κ3) is 5.53. The van der Waals surface area contributed by atoms with Crippen molar-refractivity contribution in [2.45, 2.75) is 13.8 Å². The number of aryl methyl sites for hydroxylation is 1. The van der Waals surface area contributed by atoms with Crippen molar-refractivity contribution in [3.05, 3.63) is 88.5 Å². The summed E-state index contributed by atoms with van der Waals surface area (Å²) in [4.78, 5) is 25.3. The van der Waals surface area contributed by atoms with Crippen molar-refractivity contribution in [2.24, 2.45) is 5.10 Å². The Hall–Kier alpha value is -4.10. The fraction of sp³-hybridized carbons (Fsp3) is 0.148. The van der Waals surface area contributed by atoms with Crippen LogP contribution in [0.25, 0.3) is 6.08 Å². The first-order valence-corrected chi connectivity index (χ1v) is 11.3. The largest absolute Gasteiger partial charge is 0.493 e. The number of methoxy groups -OCH3 is 1. The zero-order valence-corrected chi connectivity index (χ0v) is 20.3. The maximum absolute atomic E-state index is 13.0. The number of carbonyl (C=O) groups excluding carboxylic acids is 2. The Morgan fingerprint density at radius 1 is 1.09 bits per heavy atom. The van der Waals surface area contributed by atoms with E-state index in [2.05, 4.69) is 10.4 Å². The first kappa shape index (κ1) is 24.0. The number of ether oxygens (including phenoxy) is 2. The molecule has 0 bridgehead atoms. The Labute approximate surface area is 208 Å². The molecule has 1 N–H and O–H groups in total. The van der Waals surface area contributed by atoms with E-state index in [0.717, 1.165) is 5.56 Å². The minimum absolute atomic E-state index is 0.239. The van der Waals surface area contributed by atoms with E-state index in [4.69, 9.17) is 21.1 Å². The number of nitrogens with zero attached hydrogens (tertiary/aromatic N) is 2. The summed E-state index contributed by atoms with van der Waals surface area (Å²) in [7, 11) is 1.48. The Kier molecular flexibility index (Phi) is 7.17. The molecule has 7 nitrogen and oxygen atoms in total. The number of rotatable bonds is 7. The molecule has 1 aliphatic rings. The monoisotopic (exact) mass is 489 g/mol. The zero-order valence-electron chi connectivity index (χ0n) is 19.5. The SMILES string of the molecule is COc1cc(/C=C2/C(=O)N(c3ccccc3)N=C2C)cc(Cl)c1OCC(=O)Nc1ccc(C)cc1. The van der Waals surface area contributed by atoms with Gasteiger partial charge >= 0.3 is 0 Å². The summed E-state index contributed by atoms with van der Waals surface area (Å²) in [5.41, 5.74) is 4.12. The van der Waals surface area contributed by atoms with Crippen LogP contribution >= 0.6 is 11.6 Å². The highest BCUT2D eigenvalue weighted by Gasteiger charge is 2.28. The lowest BCUT2D eigenvalue weighted by atomic mass is 10.1. The van der Waals surface area contributed by atoms with Gasteiger partial charge in [-0.2, -0.15) is 10.1 Å². The number of benzene rings is 3. The zero-order chi connectivity index (χ0) is 24.9. The van der Waals surface area contributed by atoms with Crippen LogP contribution in [0.1, 0.15) is 18.1 Å². The number of hydrogen-bond donors (Lipinski definition) is 1. The second-order valence-electron chi connectivity index (χ2n) is 7.93. The number of carbonyl (C=O) groups is 2. The van der Waals surface area contributed by atoms with Gasteiger partial charge in [0.1, 0.15) is 0 Å². The molecule has 178 valence electrons. The molecule has 3 aromatic rings.